The SMILES string of the molecule is CC(C)C1CNc2cccc(S(C)(=O)=O)c21. The summed E-state index contributed by atoms with van der Waals surface area (Å²) < 4.78 is 23.5. The van der Waals surface area contributed by atoms with E-state index in [-0.39, 0.29) is 0 Å². The van der Waals surface area contributed by atoms with E-state index in [4.69, 9.17) is 0 Å². The Morgan fingerprint density at radius 3 is 2.62 bits per heavy atom. The summed E-state index contributed by atoms with van der Waals surface area (Å²) in [5.74, 6) is 0.734. The van der Waals surface area contributed by atoms with Crippen LogP contribution in [0.25, 0.3) is 0 Å². The maximum Gasteiger partial charge on any atom is 0.175 e. The Kier molecular flexibility index (Phi) is 2.70. The molecule has 4 heteroatoms. The van der Waals surface area contributed by atoms with E-state index in [9.17, 15) is 8.42 Å². The Labute approximate surface area is 96.8 Å². The molecule has 0 spiro atoms. The van der Waals surface area contributed by atoms with Gasteiger partial charge in [-0.05, 0) is 23.6 Å². The Morgan fingerprint density at radius 1 is 1.38 bits per heavy atom. The van der Waals surface area contributed by atoms with Crippen molar-refractivity contribution in [3.8, 4) is 0 Å². The normalized spacial score (nSPS) is 19.6. The molecule has 0 aliphatic carbocycles. The highest BCUT2D eigenvalue weighted by atomic mass is 32.2. The van der Waals surface area contributed by atoms with Gasteiger partial charge in [-0.3, -0.25) is 0 Å². The van der Waals surface area contributed by atoms with Crippen LogP contribution in [0.5, 0.6) is 0 Å². The first-order valence-electron chi connectivity index (χ1n) is 5.48. The molecule has 1 unspecified atom stereocenters. The van der Waals surface area contributed by atoms with Crippen LogP contribution in [0.4, 0.5) is 5.69 Å². The van der Waals surface area contributed by atoms with Gasteiger partial charge in [0.25, 0.3) is 0 Å². The fraction of sp³-hybridized carbons (Fsp3) is 0.500. The number of hydrogen-bond acceptors (Lipinski definition) is 3. The van der Waals surface area contributed by atoms with Gasteiger partial charge in [-0.25, -0.2) is 8.42 Å². The van der Waals surface area contributed by atoms with E-state index in [0.717, 1.165) is 17.8 Å². The highest BCUT2D eigenvalue weighted by Gasteiger charge is 2.30. The molecule has 0 saturated heterocycles. The Balaban J connectivity index is 2.63. The molecule has 0 bridgehead atoms. The highest BCUT2D eigenvalue weighted by molar-refractivity contribution is 7.90. The van der Waals surface area contributed by atoms with E-state index in [2.05, 4.69) is 19.2 Å². The largest absolute Gasteiger partial charge is 0.384 e. The number of anilines is 1. The fourth-order valence-corrected chi connectivity index (χ4v) is 3.28. The van der Waals surface area contributed by atoms with Crippen LogP contribution in [0.3, 0.4) is 0 Å². The minimum absolute atomic E-state index is 0.293. The fourth-order valence-electron chi connectivity index (χ4n) is 2.29. The van der Waals surface area contributed by atoms with Crippen molar-refractivity contribution >= 4 is 15.5 Å². The number of benzene rings is 1. The van der Waals surface area contributed by atoms with Crippen LogP contribution in [0.2, 0.25) is 0 Å². The predicted molar refractivity (Wildman–Crippen MR) is 65.6 cm³/mol. The number of sulfone groups is 1. The molecule has 1 aliphatic heterocycles. The summed E-state index contributed by atoms with van der Waals surface area (Å²) in [7, 11) is -3.13. The molecule has 3 nitrogen and oxygen atoms in total. The van der Waals surface area contributed by atoms with Crippen LogP contribution in [-0.4, -0.2) is 21.2 Å². The van der Waals surface area contributed by atoms with Gasteiger partial charge < -0.3 is 5.32 Å². The third-order valence-corrected chi connectivity index (χ3v) is 4.31. The molecule has 2 rings (SSSR count). The average molecular weight is 239 g/mol. The lowest BCUT2D eigenvalue weighted by Crippen LogP contribution is -2.11. The summed E-state index contributed by atoms with van der Waals surface area (Å²) in [5.41, 5.74) is 1.95. The van der Waals surface area contributed by atoms with E-state index in [1.54, 1.807) is 12.1 Å². The molecule has 1 heterocycles. The second-order valence-electron chi connectivity index (χ2n) is 4.72. The molecule has 1 atom stereocenters. The van der Waals surface area contributed by atoms with Crippen LogP contribution in [0, 0.1) is 5.92 Å². The molecule has 0 fully saturated rings. The van der Waals surface area contributed by atoms with Gasteiger partial charge >= 0.3 is 0 Å². The van der Waals surface area contributed by atoms with Crippen LogP contribution >= 0.6 is 0 Å². The Bertz CT molecular complexity index is 506. The quantitative estimate of drug-likeness (QED) is 0.861. The maximum atomic E-state index is 11.7. The van der Waals surface area contributed by atoms with Crippen molar-refractivity contribution in [1.82, 2.24) is 0 Å². The molecule has 0 aromatic heterocycles. The van der Waals surface area contributed by atoms with Gasteiger partial charge in [0.05, 0.1) is 4.90 Å². The minimum atomic E-state index is -3.13. The Hall–Kier alpha value is -1.03. The van der Waals surface area contributed by atoms with Crippen molar-refractivity contribution in [2.75, 3.05) is 18.1 Å². The molecular weight excluding hydrogens is 222 g/mol. The first kappa shape index (κ1) is 11.5. The zero-order chi connectivity index (χ0) is 11.9. The third-order valence-electron chi connectivity index (χ3n) is 3.15. The standard InChI is InChI=1S/C12H17NO2S/c1-8(2)9-7-13-10-5-4-6-11(12(9)10)16(3,14)15/h4-6,8-9,13H,7H2,1-3H3. The van der Waals surface area contributed by atoms with Gasteiger partial charge in [-0.1, -0.05) is 19.9 Å². The number of hydrogen-bond donors (Lipinski definition) is 1. The van der Waals surface area contributed by atoms with E-state index in [0.29, 0.717) is 16.7 Å². The third kappa shape index (κ3) is 1.82. The van der Waals surface area contributed by atoms with Gasteiger partial charge in [0.2, 0.25) is 0 Å². The summed E-state index contributed by atoms with van der Waals surface area (Å²) in [6, 6.07) is 5.45. The maximum absolute atomic E-state index is 11.7. The van der Waals surface area contributed by atoms with E-state index < -0.39 is 9.84 Å². The summed E-state index contributed by atoms with van der Waals surface area (Å²) >= 11 is 0. The van der Waals surface area contributed by atoms with Crippen molar-refractivity contribution in [3.05, 3.63) is 23.8 Å². The van der Waals surface area contributed by atoms with E-state index in [1.807, 2.05) is 6.07 Å². The summed E-state index contributed by atoms with van der Waals surface area (Å²) in [5, 5.41) is 3.28. The van der Waals surface area contributed by atoms with Gasteiger partial charge in [0.1, 0.15) is 0 Å². The zero-order valence-corrected chi connectivity index (χ0v) is 10.6. The van der Waals surface area contributed by atoms with Gasteiger partial charge in [0, 0.05) is 24.4 Å². The zero-order valence-electron chi connectivity index (χ0n) is 9.82. The smallest absolute Gasteiger partial charge is 0.175 e. The Morgan fingerprint density at radius 2 is 2.06 bits per heavy atom. The van der Waals surface area contributed by atoms with Crippen molar-refractivity contribution in [3.63, 3.8) is 0 Å². The second-order valence-corrected chi connectivity index (χ2v) is 6.71. The van der Waals surface area contributed by atoms with Crippen molar-refractivity contribution in [2.45, 2.75) is 24.7 Å². The molecule has 88 valence electrons. The molecule has 0 radical (unpaired) electrons. The number of nitrogens with one attached hydrogen (secondary N) is 1. The van der Waals surface area contributed by atoms with Crippen LogP contribution in [0.1, 0.15) is 25.3 Å². The lowest BCUT2D eigenvalue weighted by atomic mass is 9.90. The van der Waals surface area contributed by atoms with E-state index in [1.165, 1.54) is 6.26 Å². The molecule has 1 aromatic rings. The topological polar surface area (TPSA) is 46.2 Å². The number of fused-ring (bicyclic) bond motifs is 1. The molecule has 16 heavy (non-hydrogen) atoms. The molecule has 1 aliphatic rings. The van der Waals surface area contributed by atoms with Gasteiger partial charge in [-0.2, -0.15) is 0 Å². The second kappa shape index (κ2) is 3.77. The first-order valence-corrected chi connectivity index (χ1v) is 7.37. The monoisotopic (exact) mass is 239 g/mol. The summed E-state index contributed by atoms with van der Waals surface area (Å²) in [6.07, 6.45) is 1.28. The lowest BCUT2D eigenvalue weighted by Gasteiger charge is -2.16. The highest BCUT2D eigenvalue weighted by Crippen LogP contribution is 2.40. The van der Waals surface area contributed by atoms with Gasteiger partial charge in [-0.15, -0.1) is 0 Å². The first-order chi connectivity index (χ1) is 7.41. The average Bonchev–Trinajstić information content (AvgIpc) is 2.58. The van der Waals surface area contributed by atoms with Crippen LogP contribution in [-0.2, 0) is 9.84 Å². The van der Waals surface area contributed by atoms with Crippen molar-refractivity contribution < 1.29 is 8.42 Å². The molecule has 1 N–H and O–H groups in total. The number of rotatable bonds is 2. The summed E-state index contributed by atoms with van der Waals surface area (Å²) in [4.78, 5) is 0.480. The molecule has 1 aromatic carbocycles. The van der Waals surface area contributed by atoms with E-state index >= 15 is 0 Å². The van der Waals surface area contributed by atoms with Crippen molar-refractivity contribution in [1.29, 1.82) is 0 Å². The lowest BCUT2D eigenvalue weighted by molar-refractivity contribution is 0.525. The van der Waals surface area contributed by atoms with Crippen LogP contribution < -0.4 is 5.32 Å². The van der Waals surface area contributed by atoms with Crippen LogP contribution in [0.15, 0.2) is 23.1 Å². The van der Waals surface area contributed by atoms with Crippen molar-refractivity contribution in [2.24, 2.45) is 5.92 Å². The molecular formula is C12H17NO2S. The molecule has 0 amide bonds. The summed E-state index contributed by atoms with van der Waals surface area (Å²) in [6.45, 7) is 5.08. The van der Waals surface area contributed by atoms with Gasteiger partial charge in [0.15, 0.2) is 9.84 Å². The molecule has 0 saturated carbocycles. The predicted octanol–water partition coefficient (Wildman–Crippen LogP) is 2.26. The minimum Gasteiger partial charge on any atom is -0.384 e.